The van der Waals surface area contributed by atoms with E-state index in [-0.39, 0.29) is 9.80 Å². The summed E-state index contributed by atoms with van der Waals surface area (Å²) < 4.78 is 24.3. The maximum absolute atomic E-state index is 12.1. The van der Waals surface area contributed by atoms with E-state index in [1.165, 1.54) is 18.3 Å². The first-order chi connectivity index (χ1) is 8.52. The van der Waals surface area contributed by atoms with E-state index in [1.807, 2.05) is 13.8 Å². The molecule has 0 heterocycles. The second kappa shape index (κ2) is 6.22. The molecule has 0 saturated carbocycles. The predicted octanol–water partition coefficient (Wildman–Crippen LogP) is 2.13. The Hall–Kier alpha value is -1.80. The Morgan fingerprint density at radius 2 is 2.00 bits per heavy atom. The van der Waals surface area contributed by atoms with Crippen LogP contribution in [0.5, 0.6) is 0 Å². The molecule has 0 radical (unpaired) electrons. The number of allylic oxidation sites excluding steroid dienone is 1. The van der Waals surface area contributed by atoms with E-state index < -0.39 is 9.84 Å². The van der Waals surface area contributed by atoms with Crippen molar-refractivity contribution in [2.45, 2.75) is 25.2 Å². The highest BCUT2D eigenvalue weighted by atomic mass is 32.2. The van der Waals surface area contributed by atoms with Crippen molar-refractivity contribution in [2.75, 3.05) is 6.54 Å². The Balaban J connectivity index is 3.08. The van der Waals surface area contributed by atoms with Gasteiger partial charge in [0.15, 0.2) is 4.91 Å². The fourth-order valence-electron chi connectivity index (χ4n) is 1.32. The van der Waals surface area contributed by atoms with Crippen LogP contribution in [0, 0.1) is 18.3 Å². The zero-order valence-electron chi connectivity index (χ0n) is 10.5. The van der Waals surface area contributed by atoms with Gasteiger partial charge in [-0.2, -0.15) is 5.26 Å². The summed E-state index contributed by atoms with van der Waals surface area (Å²) in [4.78, 5) is -0.126. The molecule has 0 aromatic heterocycles. The van der Waals surface area contributed by atoms with Crippen LogP contribution in [0.3, 0.4) is 0 Å². The number of aryl methyl sites for hydroxylation is 1. The van der Waals surface area contributed by atoms with Crippen molar-refractivity contribution in [3.05, 3.63) is 40.9 Å². The first-order valence-electron chi connectivity index (χ1n) is 5.67. The SMILES string of the molecule is CCCNC=C(C#N)S(=O)(=O)c1ccc(C)cc1. The molecular weight excluding hydrogens is 248 g/mol. The van der Waals surface area contributed by atoms with Crippen LogP contribution in [-0.2, 0) is 9.84 Å². The molecule has 0 saturated heterocycles. The smallest absolute Gasteiger partial charge is 0.218 e. The van der Waals surface area contributed by atoms with Gasteiger partial charge >= 0.3 is 0 Å². The number of rotatable bonds is 5. The average Bonchev–Trinajstić information content (AvgIpc) is 2.35. The molecule has 0 aliphatic carbocycles. The number of benzene rings is 1. The van der Waals surface area contributed by atoms with E-state index in [0.717, 1.165) is 12.0 Å². The number of hydrogen-bond acceptors (Lipinski definition) is 4. The molecule has 0 aliphatic rings. The summed E-state index contributed by atoms with van der Waals surface area (Å²) in [6.07, 6.45) is 2.12. The third-order valence-corrected chi connectivity index (χ3v) is 4.04. The topological polar surface area (TPSA) is 70.0 Å². The number of nitrogens with zero attached hydrogens (tertiary/aromatic N) is 1. The lowest BCUT2D eigenvalue weighted by molar-refractivity contribution is 0.602. The first-order valence-corrected chi connectivity index (χ1v) is 7.16. The van der Waals surface area contributed by atoms with Crippen molar-refractivity contribution in [3.63, 3.8) is 0 Å². The third-order valence-electron chi connectivity index (χ3n) is 2.36. The Kier molecular flexibility index (Phi) is 4.93. The van der Waals surface area contributed by atoms with Crippen LogP contribution in [0.1, 0.15) is 18.9 Å². The minimum absolute atomic E-state index is 0.138. The van der Waals surface area contributed by atoms with Crippen LogP contribution in [0.2, 0.25) is 0 Å². The van der Waals surface area contributed by atoms with E-state index >= 15 is 0 Å². The van der Waals surface area contributed by atoms with E-state index in [0.29, 0.717) is 6.54 Å². The van der Waals surface area contributed by atoms with Crippen LogP contribution in [0.15, 0.2) is 40.3 Å². The number of hydrogen-bond donors (Lipinski definition) is 1. The number of nitrogens with one attached hydrogen (secondary N) is 1. The predicted molar refractivity (Wildman–Crippen MR) is 70.4 cm³/mol. The third kappa shape index (κ3) is 3.34. The minimum atomic E-state index is -3.71. The quantitative estimate of drug-likeness (QED) is 0.653. The maximum Gasteiger partial charge on any atom is 0.218 e. The minimum Gasteiger partial charge on any atom is -0.389 e. The highest BCUT2D eigenvalue weighted by Gasteiger charge is 2.20. The molecule has 4 nitrogen and oxygen atoms in total. The van der Waals surface area contributed by atoms with E-state index in [4.69, 9.17) is 5.26 Å². The van der Waals surface area contributed by atoms with Gasteiger partial charge in [-0.3, -0.25) is 0 Å². The Bertz CT molecular complexity index is 566. The van der Waals surface area contributed by atoms with Crippen molar-refractivity contribution < 1.29 is 8.42 Å². The molecular formula is C13H16N2O2S. The summed E-state index contributed by atoms with van der Waals surface area (Å²) in [6.45, 7) is 4.47. The second-order valence-corrected chi connectivity index (χ2v) is 5.81. The molecule has 1 aromatic rings. The second-order valence-electron chi connectivity index (χ2n) is 3.89. The van der Waals surface area contributed by atoms with Crippen molar-refractivity contribution in [2.24, 2.45) is 0 Å². The van der Waals surface area contributed by atoms with Crippen LogP contribution < -0.4 is 5.32 Å². The Labute approximate surface area is 108 Å². The van der Waals surface area contributed by atoms with Crippen LogP contribution in [0.25, 0.3) is 0 Å². The molecule has 0 unspecified atom stereocenters. The van der Waals surface area contributed by atoms with Gasteiger partial charge in [-0.1, -0.05) is 24.6 Å². The maximum atomic E-state index is 12.1. The van der Waals surface area contributed by atoms with Gasteiger partial charge in [-0.05, 0) is 25.5 Å². The van der Waals surface area contributed by atoms with E-state index in [1.54, 1.807) is 18.2 Å². The zero-order chi connectivity index (χ0) is 13.6. The van der Waals surface area contributed by atoms with Crippen molar-refractivity contribution in [1.82, 2.24) is 5.32 Å². The van der Waals surface area contributed by atoms with E-state index in [2.05, 4.69) is 5.32 Å². The van der Waals surface area contributed by atoms with Crippen LogP contribution in [-0.4, -0.2) is 15.0 Å². The van der Waals surface area contributed by atoms with Crippen molar-refractivity contribution in [3.8, 4) is 6.07 Å². The standard InChI is InChI=1S/C13H16N2O2S/c1-3-8-15-10-13(9-14)18(16,17)12-6-4-11(2)5-7-12/h4-7,10,15H,3,8H2,1-2H3. The molecule has 1 aromatic carbocycles. The van der Waals surface area contributed by atoms with Gasteiger partial charge in [0.2, 0.25) is 9.84 Å². The Morgan fingerprint density at radius 3 is 2.50 bits per heavy atom. The summed E-state index contributed by atoms with van der Waals surface area (Å²) in [5, 5.41) is 11.7. The Morgan fingerprint density at radius 1 is 1.39 bits per heavy atom. The van der Waals surface area contributed by atoms with Gasteiger partial charge in [0.05, 0.1) is 4.90 Å². The van der Waals surface area contributed by atoms with Gasteiger partial charge in [0, 0.05) is 12.7 Å². The first kappa shape index (κ1) is 14.3. The van der Waals surface area contributed by atoms with Gasteiger partial charge in [-0.25, -0.2) is 8.42 Å². The monoisotopic (exact) mass is 264 g/mol. The van der Waals surface area contributed by atoms with Crippen molar-refractivity contribution in [1.29, 1.82) is 5.26 Å². The normalized spacial score (nSPS) is 11.9. The molecule has 0 amide bonds. The summed E-state index contributed by atoms with van der Waals surface area (Å²) in [5.41, 5.74) is 0.973. The summed E-state index contributed by atoms with van der Waals surface area (Å²) in [5.74, 6) is 0. The molecule has 5 heteroatoms. The molecule has 1 N–H and O–H groups in total. The molecule has 0 aliphatic heterocycles. The number of nitriles is 1. The molecule has 0 spiro atoms. The molecule has 0 fully saturated rings. The lowest BCUT2D eigenvalue weighted by atomic mass is 10.2. The van der Waals surface area contributed by atoms with Gasteiger partial charge < -0.3 is 5.32 Å². The molecule has 0 atom stereocenters. The summed E-state index contributed by atoms with van der Waals surface area (Å²) in [7, 11) is -3.71. The zero-order valence-corrected chi connectivity index (χ0v) is 11.3. The molecule has 1 rings (SSSR count). The molecule has 18 heavy (non-hydrogen) atoms. The van der Waals surface area contributed by atoms with Gasteiger partial charge in [0.25, 0.3) is 0 Å². The summed E-state index contributed by atoms with van der Waals surface area (Å²) in [6, 6.07) is 8.16. The van der Waals surface area contributed by atoms with Gasteiger partial charge in [0.1, 0.15) is 6.07 Å². The van der Waals surface area contributed by atoms with Crippen LogP contribution >= 0.6 is 0 Å². The highest BCUT2D eigenvalue weighted by Crippen LogP contribution is 2.18. The van der Waals surface area contributed by atoms with Crippen LogP contribution in [0.4, 0.5) is 0 Å². The fourth-order valence-corrected chi connectivity index (χ4v) is 2.43. The van der Waals surface area contributed by atoms with E-state index in [9.17, 15) is 8.42 Å². The highest BCUT2D eigenvalue weighted by molar-refractivity contribution is 7.95. The number of sulfone groups is 1. The lowest BCUT2D eigenvalue weighted by Gasteiger charge is -2.04. The fraction of sp³-hybridized carbons (Fsp3) is 0.308. The largest absolute Gasteiger partial charge is 0.389 e. The van der Waals surface area contributed by atoms with Gasteiger partial charge in [-0.15, -0.1) is 0 Å². The molecule has 96 valence electrons. The lowest BCUT2D eigenvalue weighted by Crippen LogP contribution is -2.11. The average molecular weight is 264 g/mol. The van der Waals surface area contributed by atoms with Crippen molar-refractivity contribution >= 4 is 9.84 Å². The summed E-state index contributed by atoms with van der Waals surface area (Å²) >= 11 is 0. The molecule has 0 bridgehead atoms.